The number of hydrazine groups is 1. The molecule has 106 valence electrons. The molecule has 4 heteroatoms. The van der Waals surface area contributed by atoms with Gasteiger partial charge in [0.15, 0.2) is 0 Å². The predicted octanol–water partition coefficient (Wildman–Crippen LogP) is 3.13. The van der Waals surface area contributed by atoms with Crippen LogP contribution in [0.5, 0.6) is 0 Å². The van der Waals surface area contributed by atoms with E-state index >= 15 is 0 Å². The summed E-state index contributed by atoms with van der Waals surface area (Å²) in [6.07, 6.45) is 3.53. The molecule has 0 saturated heterocycles. The third-order valence-corrected chi connectivity index (χ3v) is 2.93. The van der Waals surface area contributed by atoms with Crippen LogP contribution in [-0.4, -0.2) is 12.0 Å². The Morgan fingerprint density at radius 1 is 1.16 bits per heavy atom. The van der Waals surface area contributed by atoms with Gasteiger partial charge < -0.3 is 5.32 Å². The van der Waals surface area contributed by atoms with Crippen molar-refractivity contribution in [3.05, 3.63) is 30.3 Å². The van der Waals surface area contributed by atoms with Gasteiger partial charge in [-0.25, -0.2) is 10.8 Å². The minimum Gasteiger partial charge on any atom is -0.325 e. The van der Waals surface area contributed by atoms with Crippen LogP contribution in [0.4, 0.5) is 5.69 Å². The number of nitrogens with zero attached hydrogens (tertiary/aromatic N) is 1. The van der Waals surface area contributed by atoms with Crippen molar-refractivity contribution in [1.82, 2.24) is 5.43 Å². The topological polar surface area (TPSA) is 62.4 Å². The first-order valence-corrected chi connectivity index (χ1v) is 6.98. The maximum atomic E-state index is 5.50. The van der Waals surface area contributed by atoms with Crippen molar-refractivity contribution in [1.29, 1.82) is 0 Å². The lowest BCUT2D eigenvalue weighted by molar-refractivity contribution is 0.511. The quantitative estimate of drug-likeness (QED) is 0.319. The Morgan fingerprint density at radius 2 is 1.84 bits per heavy atom. The Labute approximate surface area is 116 Å². The van der Waals surface area contributed by atoms with E-state index in [2.05, 4.69) is 36.5 Å². The van der Waals surface area contributed by atoms with Crippen LogP contribution >= 0.6 is 0 Å². The van der Waals surface area contributed by atoms with Crippen LogP contribution in [-0.2, 0) is 0 Å². The molecule has 0 saturated carbocycles. The lowest BCUT2D eigenvalue weighted by atomic mass is 10.0. The number of nitrogens with one attached hydrogen (secondary N) is 2. The molecule has 1 aromatic rings. The van der Waals surface area contributed by atoms with Gasteiger partial charge in [-0.1, -0.05) is 44.9 Å². The molecule has 0 aliphatic carbocycles. The standard InChI is InChI=1S/C15H26N4/c1-12(2)8-7-9-13(3)17-15(19-16)18-14-10-5-4-6-11-14/h4-6,10-13H,7-9,16H2,1-3H3,(H2,17,18,19). The molecule has 1 rings (SSSR count). The van der Waals surface area contributed by atoms with Crippen LogP contribution in [0, 0.1) is 5.92 Å². The number of benzene rings is 1. The van der Waals surface area contributed by atoms with Crippen LogP contribution in [0.15, 0.2) is 35.3 Å². The van der Waals surface area contributed by atoms with Gasteiger partial charge in [-0.3, -0.25) is 5.43 Å². The van der Waals surface area contributed by atoms with Crippen molar-refractivity contribution in [3.63, 3.8) is 0 Å². The number of anilines is 1. The Balaban J connectivity index is 2.46. The summed E-state index contributed by atoms with van der Waals surface area (Å²) in [4.78, 5) is 4.56. The molecule has 0 aliphatic heterocycles. The van der Waals surface area contributed by atoms with E-state index in [1.165, 1.54) is 12.8 Å². The average molecular weight is 262 g/mol. The Bertz CT molecular complexity index is 373. The summed E-state index contributed by atoms with van der Waals surface area (Å²) in [6, 6.07) is 10.2. The molecule has 1 atom stereocenters. The molecule has 19 heavy (non-hydrogen) atoms. The van der Waals surface area contributed by atoms with Gasteiger partial charge in [0.2, 0.25) is 5.96 Å². The molecular weight excluding hydrogens is 236 g/mol. The second-order valence-corrected chi connectivity index (χ2v) is 5.29. The first-order valence-electron chi connectivity index (χ1n) is 6.98. The largest absolute Gasteiger partial charge is 0.325 e. The minimum absolute atomic E-state index is 0.265. The maximum Gasteiger partial charge on any atom is 0.210 e. The molecule has 4 N–H and O–H groups in total. The first-order chi connectivity index (χ1) is 9.11. The van der Waals surface area contributed by atoms with E-state index in [-0.39, 0.29) is 6.04 Å². The summed E-state index contributed by atoms with van der Waals surface area (Å²) in [7, 11) is 0. The highest BCUT2D eigenvalue weighted by atomic mass is 15.3. The molecule has 1 unspecified atom stereocenters. The fourth-order valence-electron chi connectivity index (χ4n) is 1.87. The molecule has 0 heterocycles. The normalized spacial score (nSPS) is 13.4. The molecule has 0 amide bonds. The Morgan fingerprint density at radius 3 is 2.42 bits per heavy atom. The van der Waals surface area contributed by atoms with Crippen molar-refractivity contribution in [2.75, 3.05) is 5.32 Å². The smallest absolute Gasteiger partial charge is 0.210 e. The molecule has 0 radical (unpaired) electrons. The van der Waals surface area contributed by atoms with E-state index in [0.717, 1.165) is 18.0 Å². The van der Waals surface area contributed by atoms with E-state index in [0.29, 0.717) is 5.96 Å². The number of para-hydroxylation sites is 1. The van der Waals surface area contributed by atoms with Gasteiger partial charge in [0.1, 0.15) is 0 Å². The summed E-state index contributed by atoms with van der Waals surface area (Å²) in [5.74, 6) is 6.87. The van der Waals surface area contributed by atoms with E-state index in [9.17, 15) is 0 Å². The van der Waals surface area contributed by atoms with Crippen LogP contribution in [0.3, 0.4) is 0 Å². The second-order valence-electron chi connectivity index (χ2n) is 5.29. The molecule has 0 bridgehead atoms. The third-order valence-electron chi connectivity index (χ3n) is 2.93. The van der Waals surface area contributed by atoms with Crippen LogP contribution in [0.25, 0.3) is 0 Å². The van der Waals surface area contributed by atoms with Gasteiger partial charge in [0, 0.05) is 5.69 Å². The number of guanidine groups is 1. The minimum atomic E-state index is 0.265. The van der Waals surface area contributed by atoms with Crippen LogP contribution in [0.2, 0.25) is 0 Å². The van der Waals surface area contributed by atoms with Crippen molar-refractivity contribution in [2.24, 2.45) is 16.8 Å². The van der Waals surface area contributed by atoms with Crippen molar-refractivity contribution < 1.29 is 0 Å². The monoisotopic (exact) mass is 262 g/mol. The van der Waals surface area contributed by atoms with E-state index in [4.69, 9.17) is 5.84 Å². The molecule has 0 spiro atoms. The zero-order valence-electron chi connectivity index (χ0n) is 12.2. The maximum absolute atomic E-state index is 5.50. The fraction of sp³-hybridized carbons (Fsp3) is 0.533. The zero-order valence-corrected chi connectivity index (χ0v) is 12.2. The average Bonchev–Trinajstić information content (AvgIpc) is 2.38. The molecule has 0 fully saturated rings. The highest BCUT2D eigenvalue weighted by Crippen LogP contribution is 2.10. The molecule has 0 aromatic heterocycles. The van der Waals surface area contributed by atoms with E-state index < -0.39 is 0 Å². The summed E-state index contributed by atoms with van der Waals surface area (Å²) in [5.41, 5.74) is 3.60. The van der Waals surface area contributed by atoms with Gasteiger partial charge in [0.25, 0.3) is 0 Å². The number of rotatable bonds is 6. The van der Waals surface area contributed by atoms with Gasteiger partial charge in [0.05, 0.1) is 6.04 Å². The number of hydrogen-bond acceptors (Lipinski definition) is 2. The number of aliphatic imine (C=N–C) groups is 1. The Hall–Kier alpha value is -1.55. The Kier molecular flexibility index (Phi) is 6.97. The van der Waals surface area contributed by atoms with Gasteiger partial charge in [-0.15, -0.1) is 0 Å². The highest BCUT2D eigenvalue weighted by Gasteiger charge is 2.04. The molecule has 0 aliphatic rings. The number of hydrogen-bond donors (Lipinski definition) is 3. The lowest BCUT2D eigenvalue weighted by Gasteiger charge is -2.13. The summed E-state index contributed by atoms with van der Waals surface area (Å²) >= 11 is 0. The van der Waals surface area contributed by atoms with Crippen LogP contribution < -0.4 is 16.6 Å². The fourth-order valence-corrected chi connectivity index (χ4v) is 1.87. The van der Waals surface area contributed by atoms with Gasteiger partial charge in [-0.05, 0) is 31.4 Å². The van der Waals surface area contributed by atoms with Gasteiger partial charge >= 0.3 is 0 Å². The lowest BCUT2D eigenvalue weighted by Crippen LogP contribution is -2.37. The van der Waals surface area contributed by atoms with E-state index in [1.807, 2.05) is 30.3 Å². The summed E-state index contributed by atoms with van der Waals surface area (Å²) in [5, 5.41) is 3.17. The zero-order chi connectivity index (χ0) is 14.1. The SMILES string of the molecule is CC(C)CCCC(C)N=C(NN)Nc1ccccc1. The summed E-state index contributed by atoms with van der Waals surface area (Å²) in [6.45, 7) is 6.61. The van der Waals surface area contributed by atoms with Gasteiger partial charge in [-0.2, -0.15) is 0 Å². The molecule has 4 nitrogen and oxygen atoms in total. The third kappa shape index (κ3) is 6.82. The summed E-state index contributed by atoms with van der Waals surface area (Å²) < 4.78 is 0. The van der Waals surface area contributed by atoms with Crippen molar-refractivity contribution in [3.8, 4) is 0 Å². The van der Waals surface area contributed by atoms with E-state index in [1.54, 1.807) is 0 Å². The van der Waals surface area contributed by atoms with Crippen molar-refractivity contribution in [2.45, 2.75) is 46.1 Å². The molecule has 1 aromatic carbocycles. The highest BCUT2D eigenvalue weighted by molar-refractivity contribution is 5.93. The second kappa shape index (κ2) is 8.53. The predicted molar refractivity (Wildman–Crippen MR) is 83.0 cm³/mol. The number of nitrogens with two attached hydrogens (primary N) is 1. The first kappa shape index (κ1) is 15.5. The van der Waals surface area contributed by atoms with Crippen molar-refractivity contribution >= 4 is 11.6 Å². The molecular formula is C15H26N4. The van der Waals surface area contributed by atoms with Crippen LogP contribution in [0.1, 0.15) is 40.0 Å².